The van der Waals surface area contributed by atoms with Crippen molar-refractivity contribution < 1.29 is 0 Å². The van der Waals surface area contributed by atoms with Gasteiger partial charge in [0.2, 0.25) is 0 Å². The third kappa shape index (κ3) is 2.17. The van der Waals surface area contributed by atoms with E-state index in [1.807, 2.05) is 0 Å². The first-order valence-electron chi connectivity index (χ1n) is 4.35. The van der Waals surface area contributed by atoms with Crippen LogP contribution in [-0.2, 0) is 0 Å². The summed E-state index contributed by atoms with van der Waals surface area (Å²) >= 11 is 0. The van der Waals surface area contributed by atoms with Crippen LogP contribution in [0.15, 0.2) is 12.7 Å². The summed E-state index contributed by atoms with van der Waals surface area (Å²) in [6.07, 6.45) is 7.08. The number of hydrogen-bond donors (Lipinski definition) is 0. The molecule has 0 rings (SSSR count). The van der Waals surface area contributed by atoms with Gasteiger partial charge in [-0.15, -0.1) is 6.58 Å². The fourth-order valence-electron chi connectivity index (χ4n) is 1.49. The second-order valence-electron chi connectivity index (χ2n) is 3.05. The highest BCUT2D eigenvalue weighted by molar-refractivity contribution is 4.83. The van der Waals surface area contributed by atoms with Crippen molar-refractivity contribution in [3.63, 3.8) is 0 Å². The van der Waals surface area contributed by atoms with E-state index in [0.29, 0.717) is 5.41 Å². The molecule has 0 aliphatic carbocycles. The van der Waals surface area contributed by atoms with Gasteiger partial charge in [0.1, 0.15) is 0 Å². The van der Waals surface area contributed by atoms with E-state index in [1.165, 1.54) is 25.7 Å². The van der Waals surface area contributed by atoms with Gasteiger partial charge in [0.05, 0.1) is 0 Å². The monoisotopic (exact) mass is 140 g/mol. The quantitative estimate of drug-likeness (QED) is 0.510. The lowest BCUT2D eigenvalue weighted by molar-refractivity contribution is 0.254. The molecule has 0 unspecified atom stereocenters. The molecule has 0 N–H and O–H groups in total. The molecular weight excluding hydrogens is 120 g/mol. The maximum Gasteiger partial charge on any atom is -0.0271 e. The Morgan fingerprint density at radius 3 is 1.60 bits per heavy atom. The normalized spacial score (nSPS) is 11.5. The first-order chi connectivity index (χ1) is 4.74. The fourth-order valence-corrected chi connectivity index (χ4v) is 1.49. The highest BCUT2D eigenvalue weighted by atomic mass is 14.3. The van der Waals surface area contributed by atoms with Crippen molar-refractivity contribution >= 4 is 0 Å². The Labute approximate surface area is 65.3 Å². The average Bonchev–Trinajstić information content (AvgIpc) is 2.01. The van der Waals surface area contributed by atoms with Crippen molar-refractivity contribution in [1.82, 2.24) is 0 Å². The van der Waals surface area contributed by atoms with E-state index >= 15 is 0 Å². The number of hydrogen-bond acceptors (Lipinski definition) is 0. The number of allylic oxidation sites excluding steroid dienone is 1. The third-order valence-electron chi connectivity index (χ3n) is 2.83. The van der Waals surface area contributed by atoms with Crippen LogP contribution in [0.1, 0.15) is 46.5 Å². The molecule has 0 bridgehead atoms. The molecule has 0 spiro atoms. The van der Waals surface area contributed by atoms with Gasteiger partial charge >= 0.3 is 0 Å². The first-order valence-corrected chi connectivity index (χ1v) is 4.35. The van der Waals surface area contributed by atoms with Gasteiger partial charge in [-0.2, -0.15) is 0 Å². The number of rotatable bonds is 5. The van der Waals surface area contributed by atoms with Crippen LogP contribution in [0, 0.1) is 5.41 Å². The van der Waals surface area contributed by atoms with Crippen molar-refractivity contribution in [3.8, 4) is 0 Å². The molecule has 0 aliphatic rings. The van der Waals surface area contributed by atoms with E-state index in [0.717, 1.165) is 0 Å². The molecule has 0 aromatic heterocycles. The standard InChI is InChI=1S/C10H20/c1-5-9-10(6-2,7-3)8-4/h5H,1,6-9H2,2-4H3. The van der Waals surface area contributed by atoms with Crippen molar-refractivity contribution in [1.29, 1.82) is 0 Å². The molecule has 0 aliphatic heterocycles. The van der Waals surface area contributed by atoms with Crippen LogP contribution >= 0.6 is 0 Å². The summed E-state index contributed by atoms with van der Waals surface area (Å²) in [6, 6.07) is 0. The predicted octanol–water partition coefficient (Wildman–Crippen LogP) is 3.78. The van der Waals surface area contributed by atoms with Gasteiger partial charge in [-0.05, 0) is 11.8 Å². The van der Waals surface area contributed by atoms with Crippen molar-refractivity contribution in [3.05, 3.63) is 12.7 Å². The predicted molar refractivity (Wildman–Crippen MR) is 48.1 cm³/mol. The van der Waals surface area contributed by atoms with E-state index in [1.54, 1.807) is 0 Å². The Morgan fingerprint density at radius 1 is 1.10 bits per heavy atom. The summed E-state index contributed by atoms with van der Waals surface area (Å²) in [5, 5.41) is 0. The molecule has 60 valence electrons. The highest BCUT2D eigenvalue weighted by Gasteiger charge is 2.21. The van der Waals surface area contributed by atoms with Gasteiger partial charge in [0.25, 0.3) is 0 Å². The summed E-state index contributed by atoms with van der Waals surface area (Å²) < 4.78 is 0. The van der Waals surface area contributed by atoms with Crippen molar-refractivity contribution in [2.45, 2.75) is 46.5 Å². The Balaban J connectivity index is 4.00. The van der Waals surface area contributed by atoms with Crippen LogP contribution in [0.4, 0.5) is 0 Å². The zero-order chi connectivity index (χ0) is 8.04. The lowest BCUT2D eigenvalue weighted by Crippen LogP contribution is -2.16. The van der Waals surface area contributed by atoms with E-state index < -0.39 is 0 Å². The van der Waals surface area contributed by atoms with Crippen LogP contribution in [0.25, 0.3) is 0 Å². The zero-order valence-electron chi connectivity index (χ0n) is 7.61. The van der Waals surface area contributed by atoms with Gasteiger partial charge < -0.3 is 0 Å². The summed E-state index contributed by atoms with van der Waals surface area (Å²) in [4.78, 5) is 0. The van der Waals surface area contributed by atoms with Crippen LogP contribution in [0.2, 0.25) is 0 Å². The second-order valence-corrected chi connectivity index (χ2v) is 3.05. The van der Waals surface area contributed by atoms with Crippen LogP contribution in [0.3, 0.4) is 0 Å². The molecule has 0 atom stereocenters. The highest BCUT2D eigenvalue weighted by Crippen LogP contribution is 2.34. The smallest absolute Gasteiger partial charge is 0.0271 e. The largest absolute Gasteiger partial charge is 0.103 e. The van der Waals surface area contributed by atoms with Crippen LogP contribution in [0.5, 0.6) is 0 Å². The zero-order valence-corrected chi connectivity index (χ0v) is 7.61. The van der Waals surface area contributed by atoms with Gasteiger partial charge in [0, 0.05) is 0 Å². The van der Waals surface area contributed by atoms with Gasteiger partial charge in [-0.1, -0.05) is 46.1 Å². The second kappa shape index (κ2) is 4.54. The maximum absolute atomic E-state index is 3.79. The van der Waals surface area contributed by atoms with E-state index in [4.69, 9.17) is 0 Å². The molecule has 0 aromatic rings. The van der Waals surface area contributed by atoms with Crippen LogP contribution in [-0.4, -0.2) is 0 Å². The lowest BCUT2D eigenvalue weighted by Gasteiger charge is -2.28. The molecular formula is C10H20. The lowest BCUT2D eigenvalue weighted by atomic mass is 9.77. The van der Waals surface area contributed by atoms with Gasteiger partial charge in [0.15, 0.2) is 0 Å². The SMILES string of the molecule is C=CCC(CC)(CC)CC. The Hall–Kier alpha value is -0.260. The summed E-state index contributed by atoms with van der Waals surface area (Å²) in [5.74, 6) is 0. The molecule has 0 aromatic carbocycles. The summed E-state index contributed by atoms with van der Waals surface area (Å²) in [5.41, 5.74) is 0.557. The minimum atomic E-state index is 0.557. The molecule has 0 saturated heterocycles. The molecule has 0 amide bonds. The molecule has 0 heterocycles. The van der Waals surface area contributed by atoms with E-state index in [-0.39, 0.29) is 0 Å². The van der Waals surface area contributed by atoms with Crippen molar-refractivity contribution in [2.75, 3.05) is 0 Å². The van der Waals surface area contributed by atoms with E-state index in [9.17, 15) is 0 Å². The molecule has 0 radical (unpaired) electrons. The van der Waals surface area contributed by atoms with Crippen LogP contribution < -0.4 is 0 Å². The molecule has 0 heteroatoms. The summed E-state index contributed by atoms with van der Waals surface area (Å²) in [7, 11) is 0. The molecule has 0 saturated carbocycles. The third-order valence-corrected chi connectivity index (χ3v) is 2.83. The van der Waals surface area contributed by atoms with Crippen molar-refractivity contribution in [2.24, 2.45) is 5.41 Å². The Bertz CT molecular complexity index is 79.9. The maximum atomic E-state index is 3.79. The Kier molecular flexibility index (Phi) is 4.42. The summed E-state index contributed by atoms with van der Waals surface area (Å²) in [6.45, 7) is 10.6. The molecule has 0 nitrogen and oxygen atoms in total. The first kappa shape index (κ1) is 9.74. The van der Waals surface area contributed by atoms with Gasteiger partial charge in [-0.25, -0.2) is 0 Å². The average molecular weight is 140 g/mol. The Morgan fingerprint density at radius 2 is 1.50 bits per heavy atom. The molecule has 10 heavy (non-hydrogen) atoms. The molecule has 0 fully saturated rings. The van der Waals surface area contributed by atoms with E-state index in [2.05, 4.69) is 33.4 Å². The van der Waals surface area contributed by atoms with Gasteiger partial charge in [-0.3, -0.25) is 0 Å². The minimum Gasteiger partial charge on any atom is -0.103 e. The fraction of sp³-hybridized carbons (Fsp3) is 0.800. The minimum absolute atomic E-state index is 0.557. The topological polar surface area (TPSA) is 0 Å².